The van der Waals surface area contributed by atoms with Crippen molar-refractivity contribution in [1.82, 2.24) is 24.5 Å². The number of hydrogen-bond acceptors (Lipinski definition) is 5. The lowest BCUT2D eigenvalue weighted by Gasteiger charge is -2.25. The van der Waals surface area contributed by atoms with Gasteiger partial charge in [0, 0.05) is 24.3 Å². The molecule has 3 heterocycles. The molecule has 0 bridgehead atoms. The average molecular weight is 345 g/mol. The summed E-state index contributed by atoms with van der Waals surface area (Å²) in [5.41, 5.74) is 2.44. The van der Waals surface area contributed by atoms with E-state index in [0.717, 1.165) is 31.0 Å². The molecule has 6 heteroatoms. The van der Waals surface area contributed by atoms with E-state index >= 15 is 0 Å². The van der Waals surface area contributed by atoms with E-state index in [1.54, 1.807) is 6.33 Å². The first kappa shape index (κ1) is 18.1. The van der Waals surface area contributed by atoms with E-state index in [2.05, 4.69) is 45.6 Å². The molecule has 0 radical (unpaired) electrons. The molecule has 0 N–H and O–H groups in total. The molecular formula is C19H32N6. The van der Waals surface area contributed by atoms with Crippen molar-refractivity contribution >= 4 is 11.6 Å². The van der Waals surface area contributed by atoms with E-state index in [0.29, 0.717) is 0 Å². The summed E-state index contributed by atoms with van der Waals surface area (Å²) in [6, 6.07) is 0. The average Bonchev–Trinajstić information content (AvgIpc) is 3.23. The summed E-state index contributed by atoms with van der Waals surface area (Å²) in [7, 11) is 0. The first-order valence-electron chi connectivity index (χ1n) is 9.91. The predicted molar refractivity (Wildman–Crippen MR) is 102 cm³/mol. The molecule has 0 spiro atoms. The molecular weight excluding hydrogens is 312 g/mol. The predicted octanol–water partition coefficient (Wildman–Crippen LogP) is 3.09. The Morgan fingerprint density at radius 2 is 1.80 bits per heavy atom. The fourth-order valence-electron chi connectivity index (χ4n) is 3.74. The Hall–Kier alpha value is -1.69. The van der Waals surface area contributed by atoms with Crippen molar-refractivity contribution in [3.63, 3.8) is 0 Å². The zero-order valence-corrected chi connectivity index (χ0v) is 16.0. The monoisotopic (exact) mass is 344 g/mol. The molecule has 0 aromatic carbocycles. The molecule has 0 saturated heterocycles. The third-order valence-electron chi connectivity index (χ3n) is 5.19. The number of aryl methyl sites for hydroxylation is 1. The number of hydrogen-bond donors (Lipinski definition) is 0. The van der Waals surface area contributed by atoms with Crippen molar-refractivity contribution < 1.29 is 0 Å². The summed E-state index contributed by atoms with van der Waals surface area (Å²) >= 11 is 0. The minimum atomic E-state index is 0.718. The molecule has 25 heavy (non-hydrogen) atoms. The van der Waals surface area contributed by atoms with Crippen LogP contribution >= 0.6 is 0 Å². The van der Waals surface area contributed by atoms with Crippen molar-refractivity contribution in [3.8, 4) is 0 Å². The molecule has 0 unspecified atom stereocenters. The van der Waals surface area contributed by atoms with Gasteiger partial charge in [-0.15, -0.1) is 0 Å². The number of unbranched alkanes of at least 4 members (excludes halogenated alkanes) is 2. The summed E-state index contributed by atoms with van der Waals surface area (Å²) in [5.74, 6) is 1.93. The Morgan fingerprint density at radius 1 is 1.08 bits per heavy atom. The van der Waals surface area contributed by atoms with Crippen LogP contribution in [0.1, 0.15) is 57.2 Å². The van der Waals surface area contributed by atoms with Crippen molar-refractivity contribution in [3.05, 3.63) is 17.6 Å². The molecule has 2 aromatic heterocycles. The highest BCUT2D eigenvalue weighted by molar-refractivity contribution is 5.58. The zero-order chi connectivity index (χ0) is 17.6. The molecule has 0 amide bonds. The fraction of sp³-hybridized carbons (Fsp3) is 0.737. The second-order valence-corrected chi connectivity index (χ2v) is 7.11. The summed E-state index contributed by atoms with van der Waals surface area (Å²) in [6.45, 7) is 12.5. The van der Waals surface area contributed by atoms with Gasteiger partial charge in [-0.1, -0.05) is 26.7 Å². The van der Waals surface area contributed by atoms with Crippen molar-refractivity contribution in [2.24, 2.45) is 0 Å². The van der Waals surface area contributed by atoms with Crippen LogP contribution in [0.5, 0.6) is 0 Å². The van der Waals surface area contributed by atoms with E-state index in [1.165, 1.54) is 63.1 Å². The van der Waals surface area contributed by atoms with Gasteiger partial charge in [0.25, 0.3) is 5.78 Å². The second kappa shape index (κ2) is 8.61. The van der Waals surface area contributed by atoms with Gasteiger partial charge in [0.2, 0.25) is 0 Å². The number of rotatable bonds is 10. The Balaban J connectivity index is 1.62. The Bertz CT molecular complexity index is 672. The van der Waals surface area contributed by atoms with Crippen LogP contribution in [0.2, 0.25) is 0 Å². The first-order valence-corrected chi connectivity index (χ1v) is 9.91. The first-order chi connectivity index (χ1) is 12.2. The molecule has 6 nitrogen and oxygen atoms in total. The van der Waals surface area contributed by atoms with Gasteiger partial charge in [-0.2, -0.15) is 14.6 Å². The largest absolute Gasteiger partial charge is 0.356 e. The molecule has 1 aliphatic heterocycles. The van der Waals surface area contributed by atoms with Gasteiger partial charge in [-0.25, -0.2) is 4.98 Å². The lowest BCUT2D eigenvalue weighted by atomic mass is 10.2. The molecule has 3 rings (SSSR count). The zero-order valence-electron chi connectivity index (χ0n) is 16.0. The van der Waals surface area contributed by atoms with Crippen molar-refractivity contribution in [2.45, 2.75) is 59.3 Å². The number of anilines is 1. The third kappa shape index (κ3) is 4.11. The van der Waals surface area contributed by atoms with Gasteiger partial charge in [-0.05, 0) is 52.2 Å². The molecule has 2 aromatic rings. The van der Waals surface area contributed by atoms with Crippen molar-refractivity contribution in [1.29, 1.82) is 0 Å². The van der Waals surface area contributed by atoms with Crippen LogP contribution in [0.4, 0.5) is 5.82 Å². The van der Waals surface area contributed by atoms with Gasteiger partial charge in [0.15, 0.2) is 0 Å². The highest BCUT2D eigenvalue weighted by Crippen LogP contribution is 2.29. The molecule has 138 valence electrons. The molecule has 0 fully saturated rings. The minimum Gasteiger partial charge on any atom is -0.356 e. The van der Waals surface area contributed by atoms with Crippen LogP contribution in [-0.4, -0.2) is 57.2 Å². The number of nitrogens with zero attached hydrogens (tertiary/aromatic N) is 6. The molecule has 0 atom stereocenters. The quantitative estimate of drug-likeness (QED) is 0.663. The number of aromatic nitrogens is 4. The van der Waals surface area contributed by atoms with Gasteiger partial charge >= 0.3 is 0 Å². The standard InChI is InChI=1S/C19H32N6/c1-4-6-10-23(11-7-5-2)12-8-13-24-14-9-17-16(3)22-19-20-15-21-25(19)18(17)24/h15H,4-14H2,1-3H3. The van der Waals surface area contributed by atoms with Gasteiger partial charge in [0.1, 0.15) is 12.1 Å². The van der Waals surface area contributed by atoms with Gasteiger partial charge in [-0.3, -0.25) is 0 Å². The smallest absolute Gasteiger partial charge is 0.254 e. The summed E-state index contributed by atoms with van der Waals surface area (Å²) in [6.07, 6.45) is 9.04. The van der Waals surface area contributed by atoms with Crippen LogP contribution in [-0.2, 0) is 6.42 Å². The third-order valence-corrected chi connectivity index (χ3v) is 5.19. The maximum atomic E-state index is 4.57. The molecule has 1 aliphatic rings. The maximum absolute atomic E-state index is 4.57. The second-order valence-electron chi connectivity index (χ2n) is 7.11. The fourth-order valence-corrected chi connectivity index (χ4v) is 3.74. The highest BCUT2D eigenvalue weighted by atomic mass is 15.4. The Kier molecular flexibility index (Phi) is 6.24. The lowest BCUT2D eigenvalue weighted by Crippen LogP contribution is -2.31. The van der Waals surface area contributed by atoms with Gasteiger partial charge in [0.05, 0.1) is 0 Å². The Labute approximate surface area is 151 Å². The Morgan fingerprint density at radius 3 is 2.52 bits per heavy atom. The highest BCUT2D eigenvalue weighted by Gasteiger charge is 2.25. The van der Waals surface area contributed by atoms with Crippen LogP contribution in [0.3, 0.4) is 0 Å². The summed E-state index contributed by atoms with van der Waals surface area (Å²) in [5, 5.41) is 4.40. The van der Waals surface area contributed by atoms with Gasteiger partial charge < -0.3 is 9.80 Å². The van der Waals surface area contributed by atoms with E-state index in [9.17, 15) is 0 Å². The van der Waals surface area contributed by atoms with Crippen LogP contribution in [0.25, 0.3) is 5.78 Å². The molecule has 0 saturated carbocycles. The van der Waals surface area contributed by atoms with Crippen molar-refractivity contribution in [2.75, 3.05) is 37.6 Å². The van der Waals surface area contributed by atoms with Crippen LogP contribution in [0.15, 0.2) is 6.33 Å². The van der Waals surface area contributed by atoms with E-state index in [1.807, 2.05) is 4.52 Å². The summed E-state index contributed by atoms with van der Waals surface area (Å²) < 4.78 is 1.92. The van der Waals surface area contributed by atoms with Crippen LogP contribution < -0.4 is 4.90 Å². The topological polar surface area (TPSA) is 49.6 Å². The normalized spacial score (nSPS) is 14.0. The van der Waals surface area contributed by atoms with Crippen LogP contribution in [0, 0.1) is 6.92 Å². The maximum Gasteiger partial charge on any atom is 0.254 e. The van der Waals surface area contributed by atoms with E-state index < -0.39 is 0 Å². The minimum absolute atomic E-state index is 0.718. The SMILES string of the molecule is CCCCN(CCCC)CCCN1CCc2c(C)nc3ncnn3c21. The van der Waals surface area contributed by atoms with E-state index in [4.69, 9.17) is 0 Å². The summed E-state index contributed by atoms with van der Waals surface area (Å²) in [4.78, 5) is 14.0. The lowest BCUT2D eigenvalue weighted by molar-refractivity contribution is 0.263. The molecule has 0 aliphatic carbocycles. The van der Waals surface area contributed by atoms with E-state index in [-0.39, 0.29) is 0 Å². The number of fused-ring (bicyclic) bond motifs is 3.